The molecule has 2 aromatic rings. The molecule has 122 valence electrons. The van der Waals surface area contributed by atoms with Crippen LogP contribution in [0, 0.1) is 0 Å². The summed E-state index contributed by atoms with van der Waals surface area (Å²) in [5.74, 6) is -0.0492. The fraction of sp³-hybridized carbons (Fsp3) is 0.286. The summed E-state index contributed by atoms with van der Waals surface area (Å²) in [6, 6.07) is 6.72. The molecule has 0 aliphatic heterocycles. The number of nitrogens with one attached hydrogen (secondary N) is 3. The average molecular weight is 351 g/mol. The number of rotatable bonds is 7. The third-order valence-electron chi connectivity index (χ3n) is 2.72. The molecule has 1 heterocycles. The molecule has 3 N–H and O–H groups in total. The fourth-order valence-corrected chi connectivity index (χ4v) is 3.28. The number of amides is 2. The first-order chi connectivity index (χ1) is 11.1. The Morgan fingerprint density at radius 1 is 1.22 bits per heavy atom. The molecule has 0 radical (unpaired) electrons. The van der Waals surface area contributed by atoms with Crippen LogP contribution in [-0.4, -0.2) is 41.4 Å². The van der Waals surface area contributed by atoms with Crippen LogP contribution < -0.4 is 16.0 Å². The van der Waals surface area contributed by atoms with Gasteiger partial charge in [-0.1, -0.05) is 23.1 Å². The van der Waals surface area contributed by atoms with E-state index in [1.807, 2.05) is 6.92 Å². The zero-order valence-corrected chi connectivity index (χ0v) is 14.4. The minimum atomic E-state index is -0.161. The van der Waals surface area contributed by atoms with Gasteiger partial charge in [0.25, 0.3) is 5.91 Å². The topological polar surface area (TPSA) is 96.0 Å². The summed E-state index contributed by atoms with van der Waals surface area (Å²) in [5, 5.41) is 17.1. The van der Waals surface area contributed by atoms with E-state index in [4.69, 9.17) is 0 Å². The molecular weight excluding hydrogens is 334 g/mol. The van der Waals surface area contributed by atoms with Crippen molar-refractivity contribution < 1.29 is 9.59 Å². The van der Waals surface area contributed by atoms with Crippen LogP contribution in [0.5, 0.6) is 0 Å². The predicted molar refractivity (Wildman–Crippen MR) is 93.3 cm³/mol. The molecule has 2 amide bonds. The smallest absolute Gasteiger partial charge is 0.251 e. The number of anilines is 2. The zero-order chi connectivity index (χ0) is 16.7. The summed E-state index contributed by atoms with van der Waals surface area (Å²) < 4.78 is 0.742. The normalized spacial score (nSPS) is 10.2. The lowest BCUT2D eigenvalue weighted by Gasteiger charge is -2.05. The number of nitrogens with zero attached hydrogens (tertiary/aromatic N) is 2. The van der Waals surface area contributed by atoms with Gasteiger partial charge in [0.05, 0.1) is 5.75 Å². The van der Waals surface area contributed by atoms with Crippen LogP contribution >= 0.6 is 23.1 Å². The molecule has 23 heavy (non-hydrogen) atoms. The Morgan fingerprint density at radius 2 is 1.96 bits per heavy atom. The van der Waals surface area contributed by atoms with Gasteiger partial charge in [0.2, 0.25) is 11.0 Å². The van der Waals surface area contributed by atoms with Gasteiger partial charge in [-0.25, -0.2) is 0 Å². The molecule has 0 atom stereocenters. The lowest BCUT2D eigenvalue weighted by Crippen LogP contribution is -2.18. The van der Waals surface area contributed by atoms with Crippen molar-refractivity contribution in [2.75, 3.05) is 30.0 Å². The highest BCUT2D eigenvalue weighted by Gasteiger charge is 2.09. The molecule has 0 saturated heterocycles. The van der Waals surface area contributed by atoms with Crippen molar-refractivity contribution in [1.82, 2.24) is 15.5 Å². The van der Waals surface area contributed by atoms with Crippen molar-refractivity contribution >= 4 is 45.7 Å². The number of thioether (sulfide) groups is 1. The number of hydrogen-bond donors (Lipinski definition) is 3. The maximum Gasteiger partial charge on any atom is 0.251 e. The van der Waals surface area contributed by atoms with Crippen LogP contribution in [0.4, 0.5) is 10.8 Å². The first-order valence-corrected chi connectivity index (χ1v) is 8.74. The van der Waals surface area contributed by atoms with Gasteiger partial charge in [0.15, 0.2) is 4.34 Å². The van der Waals surface area contributed by atoms with Crippen LogP contribution in [0.15, 0.2) is 28.6 Å². The van der Waals surface area contributed by atoms with E-state index in [1.165, 1.54) is 23.1 Å². The van der Waals surface area contributed by atoms with Crippen molar-refractivity contribution in [3.63, 3.8) is 0 Å². The predicted octanol–water partition coefficient (Wildman–Crippen LogP) is 2.06. The monoisotopic (exact) mass is 351 g/mol. The molecule has 0 unspecified atom stereocenters. The van der Waals surface area contributed by atoms with Crippen LogP contribution in [0.25, 0.3) is 0 Å². The molecule has 0 fully saturated rings. The van der Waals surface area contributed by atoms with E-state index < -0.39 is 0 Å². The molecule has 0 bridgehead atoms. The molecule has 7 nitrogen and oxygen atoms in total. The molecule has 9 heteroatoms. The molecule has 0 aliphatic carbocycles. The largest absolute Gasteiger partial charge is 0.360 e. The summed E-state index contributed by atoms with van der Waals surface area (Å²) >= 11 is 2.75. The second-order valence-electron chi connectivity index (χ2n) is 4.40. The van der Waals surface area contributed by atoms with Crippen molar-refractivity contribution in [3.05, 3.63) is 29.8 Å². The van der Waals surface area contributed by atoms with E-state index >= 15 is 0 Å². The number of aromatic nitrogens is 2. The fourth-order valence-electron chi connectivity index (χ4n) is 1.66. The van der Waals surface area contributed by atoms with Crippen molar-refractivity contribution in [1.29, 1.82) is 0 Å². The van der Waals surface area contributed by atoms with Crippen molar-refractivity contribution in [3.8, 4) is 0 Å². The van der Waals surface area contributed by atoms with Gasteiger partial charge in [-0.05, 0) is 31.2 Å². The van der Waals surface area contributed by atoms with Gasteiger partial charge in [0.1, 0.15) is 0 Å². The highest BCUT2D eigenvalue weighted by atomic mass is 32.2. The van der Waals surface area contributed by atoms with Gasteiger partial charge >= 0.3 is 0 Å². The molecule has 0 saturated carbocycles. The molecule has 0 aliphatic rings. The maximum absolute atomic E-state index is 11.9. The lowest BCUT2D eigenvalue weighted by molar-refractivity contribution is -0.113. The minimum Gasteiger partial charge on any atom is -0.360 e. The van der Waals surface area contributed by atoms with E-state index in [9.17, 15) is 9.59 Å². The second-order valence-corrected chi connectivity index (χ2v) is 6.60. The summed E-state index contributed by atoms with van der Waals surface area (Å²) in [7, 11) is 1.57. The highest BCUT2D eigenvalue weighted by Crippen LogP contribution is 2.25. The molecule has 1 aromatic carbocycles. The highest BCUT2D eigenvalue weighted by molar-refractivity contribution is 8.01. The Kier molecular flexibility index (Phi) is 6.36. The summed E-state index contributed by atoms with van der Waals surface area (Å²) in [5.41, 5.74) is 1.19. The van der Waals surface area contributed by atoms with Gasteiger partial charge in [-0.2, -0.15) is 0 Å². The van der Waals surface area contributed by atoms with Crippen LogP contribution in [0.1, 0.15) is 17.3 Å². The van der Waals surface area contributed by atoms with Gasteiger partial charge in [-0.15, -0.1) is 10.2 Å². The SMILES string of the molecule is CCNc1nnc(SCC(=O)Nc2ccc(C(=O)NC)cc2)s1. The number of carbonyl (C=O) groups is 2. The Morgan fingerprint density at radius 3 is 2.61 bits per heavy atom. The van der Waals surface area contributed by atoms with Crippen LogP contribution in [0.3, 0.4) is 0 Å². The van der Waals surface area contributed by atoms with Crippen molar-refractivity contribution in [2.45, 2.75) is 11.3 Å². The number of benzene rings is 1. The Hall–Kier alpha value is -2.13. The summed E-state index contributed by atoms with van der Waals surface area (Å²) in [6.07, 6.45) is 0. The third-order valence-corrected chi connectivity index (χ3v) is 4.73. The van der Waals surface area contributed by atoms with E-state index in [-0.39, 0.29) is 17.6 Å². The molecule has 1 aromatic heterocycles. The van der Waals surface area contributed by atoms with Gasteiger partial charge in [-0.3, -0.25) is 9.59 Å². The Labute approximate surface area is 142 Å². The quantitative estimate of drug-likeness (QED) is 0.661. The number of hydrogen-bond acceptors (Lipinski definition) is 7. The lowest BCUT2D eigenvalue weighted by atomic mass is 10.2. The van der Waals surface area contributed by atoms with Gasteiger partial charge < -0.3 is 16.0 Å². The van der Waals surface area contributed by atoms with Crippen molar-refractivity contribution in [2.24, 2.45) is 0 Å². The molecule has 0 spiro atoms. The first kappa shape index (κ1) is 17.2. The zero-order valence-electron chi connectivity index (χ0n) is 12.8. The van der Waals surface area contributed by atoms with E-state index in [1.54, 1.807) is 31.3 Å². The minimum absolute atomic E-state index is 0.136. The van der Waals surface area contributed by atoms with Crippen LogP contribution in [-0.2, 0) is 4.79 Å². The maximum atomic E-state index is 11.9. The summed E-state index contributed by atoms with van der Waals surface area (Å²) in [4.78, 5) is 23.4. The van der Waals surface area contributed by atoms with E-state index in [2.05, 4.69) is 26.1 Å². The first-order valence-electron chi connectivity index (χ1n) is 6.94. The Bertz CT molecular complexity index is 672. The van der Waals surface area contributed by atoms with E-state index in [0.29, 0.717) is 11.3 Å². The molecular formula is C14H17N5O2S2. The summed E-state index contributed by atoms with van der Waals surface area (Å²) in [6.45, 7) is 2.77. The second kappa shape index (κ2) is 8.49. The van der Waals surface area contributed by atoms with E-state index in [0.717, 1.165) is 16.0 Å². The molecule has 2 rings (SSSR count). The standard InChI is InChI=1S/C14H17N5O2S2/c1-3-16-13-18-19-14(23-13)22-8-11(20)17-10-6-4-9(5-7-10)12(21)15-2/h4-7H,3,8H2,1-2H3,(H,15,21)(H,16,18)(H,17,20). The Balaban J connectivity index is 1.83. The average Bonchev–Trinajstić information content (AvgIpc) is 3.01. The van der Waals surface area contributed by atoms with Crippen LogP contribution in [0.2, 0.25) is 0 Å². The number of carbonyl (C=O) groups excluding carboxylic acids is 2. The third kappa shape index (κ3) is 5.22. The van der Waals surface area contributed by atoms with Gasteiger partial charge in [0, 0.05) is 24.8 Å².